The minimum Gasteiger partial charge on any atom is -0.350 e. The van der Waals surface area contributed by atoms with Gasteiger partial charge in [0.1, 0.15) is 18.4 Å². The van der Waals surface area contributed by atoms with E-state index < -0.39 is 39.9 Å². The van der Waals surface area contributed by atoms with E-state index in [0.717, 1.165) is 44.2 Å². The van der Waals surface area contributed by atoms with Crippen LogP contribution in [0.1, 0.15) is 38.8 Å². The van der Waals surface area contributed by atoms with Crippen LogP contribution in [0, 0.1) is 12.7 Å². The van der Waals surface area contributed by atoms with Gasteiger partial charge in [0.05, 0.1) is 10.6 Å². The fraction of sp³-hybridized carbons (Fsp3) is 0.310. The molecule has 208 valence electrons. The molecule has 7 nitrogen and oxygen atoms in total. The van der Waals surface area contributed by atoms with Crippen LogP contribution in [-0.2, 0) is 26.2 Å². The Bertz CT molecular complexity index is 1420. The fourth-order valence-electron chi connectivity index (χ4n) is 3.86. The molecule has 3 aromatic rings. The Morgan fingerprint density at radius 3 is 2.18 bits per heavy atom. The molecule has 0 heterocycles. The predicted octanol–water partition coefficient (Wildman–Crippen LogP) is 5.42. The number of nitrogens with zero attached hydrogens (tertiary/aromatic N) is 2. The van der Waals surface area contributed by atoms with Crippen LogP contribution in [0.3, 0.4) is 0 Å². The van der Waals surface area contributed by atoms with Crippen molar-refractivity contribution in [1.82, 2.24) is 10.2 Å². The second-order valence-electron chi connectivity index (χ2n) is 10.4. The highest BCUT2D eigenvalue weighted by atomic mass is 79.9. The SMILES string of the molecule is Cc1ccc(N(CC(=O)N(Cc2cccc(Br)c2)[C@@H](C)C(=O)NC(C)(C)C)S(=O)(=O)c2ccc(F)cc2)cc1. The summed E-state index contributed by atoms with van der Waals surface area (Å²) in [7, 11) is -4.26. The van der Waals surface area contributed by atoms with E-state index in [9.17, 15) is 22.4 Å². The largest absolute Gasteiger partial charge is 0.350 e. The molecular formula is C29H33BrFN3O4S. The number of hydrogen-bond donors (Lipinski definition) is 1. The monoisotopic (exact) mass is 617 g/mol. The normalized spacial score (nSPS) is 12.5. The number of benzene rings is 3. The van der Waals surface area contributed by atoms with Gasteiger partial charge in [-0.25, -0.2) is 12.8 Å². The summed E-state index contributed by atoms with van der Waals surface area (Å²) in [6.45, 7) is 8.51. The Balaban J connectivity index is 2.03. The Kier molecular flexibility index (Phi) is 9.55. The van der Waals surface area contributed by atoms with E-state index >= 15 is 0 Å². The quantitative estimate of drug-likeness (QED) is 0.347. The lowest BCUT2D eigenvalue weighted by Gasteiger charge is -2.33. The second-order valence-corrected chi connectivity index (χ2v) is 13.1. The number of nitrogens with one attached hydrogen (secondary N) is 1. The molecule has 0 aromatic heterocycles. The Morgan fingerprint density at radius 2 is 1.62 bits per heavy atom. The van der Waals surface area contributed by atoms with Crippen molar-refractivity contribution in [2.45, 2.75) is 57.6 Å². The molecule has 39 heavy (non-hydrogen) atoms. The number of carbonyl (C=O) groups excluding carboxylic acids is 2. The van der Waals surface area contributed by atoms with Crippen molar-refractivity contribution in [3.63, 3.8) is 0 Å². The molecule has 0 spiro atoms. The number of rotatable bonds is 9. The minimum atomic E-state index is -4.26. The second kappa shape index (κ2) is 12.3. The number of amides is 2. The van der Waals surface area contributed by atoms with Gasteiger partial charge in [0.2, 0.25) is 11.8 Å². The summed E-state index contributed by atoms with van der Waals surface area (Å²) in [5.41, 5.74) is 1.41. The number of sulfonamides is 1. The van der Waals surface area contributed by atoms with E-state index in [1.807, 2.05) is 52.0 Å². The number of carbonyl (C=O) groups is 2. The Hall–Kier alpha value is -3.24. The van der Waals surface area contributed by atoms with Crippen LogP contribution in [0.4, 0.5) is 10.1 Å². The van der Waals surface area contributed by atoms with Crippen molar-refractivity contribution in [2.24, 2.45) is 0 Å². The summed E-state index contributed by atoms with van der Waals surface area (Å²) in [6, 6.07) is 17.6. The van der Waals surface area contributed by atoms with Gasteiger partial charge in [-0.3, -0.25) is 13.9 Å². The number of anilines is 1. The zero-order chi connectivity index (χ0) is 29.0. The molecule has 3 aromatic carbocycles. The van der Waals surface area contributed by atoms with Crippen LogP contribution in [0.2, 0.25) is 0 Å². The maximum atomic E-state index is 13.9. The number of hydrogen-bond acceptors (Lipinski definition) is 4. The van der Waals surface area contributed by atoms with Crippen molar-refractivity contribution < 1.29 is 22.4 Å². The number of aryl methyl sites for hydroxylation is 1. The van der Waals surface area contributed by atoms with Gasteiger partial charge in [0.25, 0.3) is 10.0 Å². The molecule has 1 atom stereocenters. The molecule has 0 aliphatic rings. The van der Waals surface area contributed by atoms with E-state index in [1.165, 1.54) is 4.90 Å². The molecule has 0 unspecified atom stereocenters. The minimum absolute atomic E-state index is 0.0787. The van der Waals surface area contributed by atoms with E-state index in [-0.39, 0.29) is 23.0 Å². The zero-order valence-corrected chi connectivity index (χ0v) is 25.0. The first-order chi connectivity index (χ1) is 18.2. The van der Waals surface area contributed by atoms with Crippen molar-refractivity contribution in [2.75, 3.05) is 10.8 Å². The average molecular weight is 619 g/mol. The van der Waals surface area contributed by atoms with Crippen LogP contribution in [0.5, 0.6) is 0 Å². The van der Waals surface area contributed by atoms with Gasteiger partial charge >= 0.3 is 0 Å². The maximum Gasteiger partial charge on any atom is 0.264 e. The molecule has 0 aliphatic carbocycles. The summed E-state index contributed by atoms with van der Waals surface area (Å²) >= 11 is 3.43. The molecule has 10 heteroatoms. The lowest BCUT2D eigenvalue weighted by molar-refractivity contribution is -0.140. The highest BCUT2D eigenvalue weighted by Crippen LogP contribution is 2.25. The van der Waals surface area contributed by atoms with Gasteiger partial charge in [-0.05, 0) is 88.7 Å². The van der Waals surface area contributed by atoms with Crippen LogP contribution in [0.25, 0.3) is 0 Å². The molecular weight excluding hydrogens is 585 g/mol. The molecule has 0 aliphatic heterocycles. The van der Waals surface area contributed by atoms with Crippen LogP contribution < -0.4 is 9.62 Å². The Labute approximate surface area is 238 Å². The van der Waals surface area contributed by atoms with Gasteiger partial charge in [0, 0.05) is 16.6 Å². The molecule has 0 fully saturated rings. The Morgan fingerprint density at radius 1 is 1.00 bits per heavy atom. The van der Waals surface area contributed by atoms with Crippen LogP contribution in [-0.4, -0.2) is 43.3 Å². The first-order valence-corrected chi connectivity index (χ1v) is 14.6. The van der Waals surface area contributed by atoms with Crippen molar-refractivity contribution in [1.29, 1.82) is 0 Å². The highest BCUT2D eigenvalue weighted by Gasteiger charge is 2.33. The third-order valence-electron chi connectivity index (χ3n) is 5.91. The average Bonchev–Trinajstić information content (AvgIpc) is 2.85. The van der Waals surface area contributed by atoms with Crippen molar-refractivity contribution in [3.8, 4) is 0 Å². The molecule has 0 bridgehead atoms. The van der Waals surface area contributed by atoms with E-state index in [4.69, 9.17) is 0 Å². The van der Waals surface area contributed by atoms with E-state index in [2.05, 4.69) is 21.2 Å². The molecule has 2 amide bonds. The summed E-state index contributed by atoms with van der Waals surface area (Å²) in [5, 5.41) is 2.89. The molecule has 0 radical (unpaired) electrons. The zero-order valence-electron chi connectivity index (χ0n) is 22.6. The van der Waals surface area contributed by atoms with Crippen molar-refractivity contribution >= 4 is 43.5 Å². The highest BCUT2D eigenvalue weighted by molar-refractivity contribution is 9.10. The third-order valence-corrected chi connectivity index (χ3v) is 8.19. The molecule has 3 rings (SSSR count). The number of halogens is 2. The first kappa shape index (κ1) is 30.3. The van der Waals surface area contributed by atoms with Gasteiger partial charge in [0.15, 0.2) is 0 Å². The maximum absolute atomic E-state index is 13.9. The lowest BCUT2D eigenvalue weighted by Crippen LogP contribution is -2.54. The van der Waals surface area contributed by atoms with Gasteiger partial charge < -0.3 is 10.2 Å². The summed E-state index contributed by atoms with van der Waals surface area (Å²) in [6.07, 6.45) is 0. The summed E-state index contributed by atoms with van der Waals surface area (Å²) in [4.78, 5) is 28.2. The first-order valence-electron chi connectivity index (χ1n) is 12.4. The topological polar surface area (TPSA) is 86.8 Å². The standard InChI is InChI=1S/C29H33BrFN3O4S/c1-20-9-13-25(14-10-20)34(39(37,38)26-15-11-24(31)12-16-26)19-27(35)33(18-22-7-6-8-23(30)17-22)21(2)28(36)32-29(3,4)5/h6-17,21H,18-19H2,1-5H3,(H,32,36)/t21-/m0/s1. The molecule has 1 N–H and O–H groups in total. The van der Waals surface area contributed by atoms with Crippen LogP contribution >= 0.6 is 15.9 Å². The third kappa shape index (κ3) is 8.12. The predicted molar refractivity (Wildman–Crippen MR) is 154 cm³/mol. The fourth-order valence-corrected chi connectivity index (χ4v) is 5.72. The molecule has 0 saturated carbocycles. The molecule has 0 saturated heterocycles. The van der Waals surface area contributed by atoms with Gasteiger partial charge in [-0.1, -0.05) is 45.8 Å². The summed E-state index contributed by atoms with van der Waals surface area (Å²) in [5.74, 6) is -1.52. The summed E-state index contributed by atoms with van der Waals surface area (Å²) < 4.78 is 42.8. The van der Waals surface area contributed by atoms with Crippen molar-refractivity contribution in [3.05, 3.63) is 94.2 Å². The van der Waals surface area contributed by atoms with E-state index in [0.29, 0.717) is 0 Å². The van der Waals surface area contributed by atoms with Gasteiger partial charge in [-0.2, -0.15) is 0 Å². The van der Waals surface area contributed by atoms with Crippen LogP contribution in [0.15, 0.2) is 82.2 Å². The van der Waals surface area contributed by atoms with Gasteiger partial charge in [-0.15, -0.1) is 0 Å². The van der Waals surface area contributed by atoms with E-state index in [1.54, 1.807) is 31.2 Å². The smallest absolute Gasteiger partial charge is 0.264 e. The lowest BCUT2D eigenvalue weighted by atomic mass is 10.1.